The molecule has 30 heavy (non-hydrogen) atoms. The molecule has 0 unspecified atom stereocenters. The second kappa shape index (κ2) is 8.69. The van der Waals surface area contributed by atoms with Crippen LogP contribution in [0.4, 0.5) is 0 Å². The molecule has 160 valence electrons. The van der Waals surface area contributed by atoms with Crippen molar-refractivity contribution >= 4 is 23.4 Å². The average Bonchev–Trinajstić information content (AvgIpc) is 3.15. The zero-order valence-corrected chi connectivity index (χ0v) is 17.5. The Bertz CT molecular complexity index is 921. The topological polar surface area (TPSA) is 113 Å². The minimum absolute atomic E-state index is 0.0764. The highest BCUT2D eigenvalue weighted by Crippen LogP contribution is 2.48. The highest BCUT2D eigenvalue weighted by molar-refractivity contribution is 6.30. The van der Waals surface area contributed by atoms with Gasteiger partial charge in [-0.15, -0.1) is 5.10 Å². The number of aromatic nitrogens is 4. The number of halogens is 1. The van der Waals surface area contributed by atoms with Gasteiger partial charge in [-0.05, 0) is 59.4 Å². The Morgan fingerprint density at radius 3 is 2.93 bits per heavy atom. The third kappa shape index (κ3) is 4.17. The van der Waals surface area contributed by atoms with E-state index >= 15 is 0 Å². The van der Waals surface area contributed by atoms with Crippen molar-refractivity contribution in [2.45, 2.75) is 63.8 Å². The fraction of sp³-hybridized carbons (Fsp3) is 0.550. The van der Waals surface area contributed by atoms with Gasteiger partial charge in [-0.2, -0.15) is 0 Å². The Morgan fingerprint density at radius 2 is 2.20 bits per heavy atom. The highest BCUT2D eigenvalue weighted by Gasteiger charge is 2.56. The molecule has 2 heterocycles. The first-order valence-electron chi connectivity index (χ1n) is 10.3. The van der Waals surface area contributed by atoms with E-state index in [4.69, 9.17) is 11.6 Å². The summed E-state index contributed by atoms with van der Waals surface area (Å²) in [5, 5.41) is 24.9. The van der Waals surface area contributed by atoms with Gasteiger partial charge in [0, 0.05) is 17.6 Å². The monoisotopic (exact) mass is 432 g/mol. The van der Waals surface area contributed by atoms with E-state index in [1.165, 1.54) is 11.0 Å². The van der Waals surface area contributed by atoms with Gasteiger partial charge in [0.1, 0.15) is 18.5 Å². The lowest BCUT2D eigenvalue weighted by atomic mass is 10.1. The molecule has 2 fully saturated rings. The molecule has 1 aliphatic heterocycles. The van der Waals surface area contributed by atoms with Crippen LogP contribution in [-0.2, 0) is 16.1 Å². The fourth-order valence-corrected chi connectivity index (χ4v) is 4.39. The number of carbonyl (C=O) groups excluding carboxylic acids is 2. The Morgan fingerprint density at radius 1 is 1.37 bits per heavy atom. The van der Waals surface area contributed by atoms with Crippen LogP contribution >= 0.6 is 11.6 Å². The van der Waals surface area contributed by atoms with Crippen molar-refractivity contribution < 1.29 is 14.7 Å². The maximum absolute atomic E-state index is 13.0. The second-order valence-electron chi connectivity index (χ2n) is 7.96. The molecule has 2 aliphatic rings. The number of rotatable bonds is 8. The molecule has 1 saturated heterocycles. The van der Waals surface area contributed by atoms with Gasteiger partial charge in [0.15, 0.2) is 0 Å². The first-order valence-corrected chi connectivity index (χ1v) is 10.7. The van der Waals surface area contributed by atoms with E-state index in [0.29, 0.717) is 29.5 Å². The summed E-state index contributed by atoms with van der Waals surface area (Å²) in [5.41, 5.74) is 1.47. The van der Waals surface area contributed by atoms with Gasteiger partial charge in [-0.1, -0.05) is 31.4 Å². The number of benzene rings is 1. The van der Waals surface area contributed by atoms with Gasteiger partial charge < -0.3 is 15.3 Å². The summed E-state index contributed by atoms with van der Waals surface area (Å²) in [6, 6.07) is 4.79. The van der Waals surface area contributed by atoms with Crippen molar-refractivity contribution in [3.63, 3.8) is 0 Å². The number of nitrogens with one attached hydrogen (secondary N) is 1. The molecule has 1 aliphatic carbocycles. The Kier molecular flexibility index (Phi) is 6.01. The number of aliphatic hydroxyl groups excluding tert-OH is 1. The molecule has 4 rings (SSSR count). The zero-order chi connectivity index (χ0) is 21.3. The lowest BCUT2D eigenvalue weighted by Gasteiger charge is -2.29. The van der Waals surface area contributed by atoms with Crippen LogP contribution in [0.5, 0.6) is 0 Å². The van der Waals surface area contributed by atoms with Gasteiger partial charge in [-0.3, -0.25) is 9.59 Å². The van der Waals surface area contributed by atoms with Crippen molar-refractivity contribution in [1.82, 2.24) is 30.4 Å². The van der Waals surface area contributed by atoms with E-state index in [1.807, 2.05) is 6.92 Å². The van der Waals surface area contributed by atoms with Crippen LogP contribution < -0.4 is 5.32 Å². The number of nitrogens with zero attached hydrogens (tertiary/aromatic N) is 5. The van der Waals surface area contributed by atoms with E-state index in [9.17, 15) is 14.7 Å². The number of unbranched alkanes of at least 4 members (excludes halogenated alkanes) is 1. The van der Waals surface area contributed by atoms with E-state index < -0.39 is 12.1 Å². The molecule has 0 radical (unpaired) electrons. The number of piperidine rings is 1. The third-order valence-corrected chi connectivity index (χ3v) is 6.10. The maximum Gasteiger partial charge on any atom is 0.252 e. The van der Waals surface area contributed by atoms with E-state index in [0.717, 1.165) is 24.8 Å². The minimum Gasteiger partial charge on any atom is -0.383 e. The predicted molar refractivity (Wildman–Crippen MR) is 109 cm³/mol. The molecule has 2 N–H and O–H groups in total. The summed E-state index contributed by atoms with van der Waals surface area (Å²) in [4.78, 5) is 27.3. The first-order chi connectivity index (χ1) is 14.5. The van der Waals surface area contributed by atoms with Crippen molar-refractivity contribution in [2.24, 2.45) is 5.92 Å². The normalized spacial score (nSPS) is 23.2. The summed E-state index contributed by atoms with van der Waals surface area (Å²) in [6.07, 6.45) is 4.08. The first kappa shape index (κ1) is 20.7. The molecular formula is C20H25ClN6O3. The van der Waals surface area contributed by atoms with Crippen molar-refractivity contribution in [3.05, 3.63) is 35.1 Å². The van der Waals surface area contributed by atoms with Crippen molar-refractivity contribution in [1.29, 1.82) is 0 Å². The number of carbonyl (C=O) groups is 2. The average molecular weight is 433 g/mol. The Hall–Kier alpha value is -2.52. The number of aliphatic hydroxyl groups is 1. The van der Waals surface area contributed by atoms with Crippen molar-refractivity contribution in [3.8, 4) is 5.69 Å². The van der Waals surface area contributed by atoms with Gasteiger partial charge in [0.2, 0.25) is 5.91 Å². The summed E-state index contributed by atoms with van der Waals surface area (Å²) in [7, 11) is 0. The van der Waals surface area contributed by atoms with Gasteiger partial charge >= 0.3 is 0 Å². The summed E-state index contributed by atoms with van der Waals surface area (Å²) < 4.78 is 1.50. The van der Waals surface area contributed by atoms with E-state index in [2.05, 4.69) is 20.8 Å². The molecule has 1 aromatic heterocycles. The molecule has 1 saturated carbocycles. The standard InChI is InChI=1S/C20H25ClN6O3/c1-2-3-4-18(28)20(30)27-16-8-12(16)9-17(27)19(29)22-10-13-7-14(21)5-6-15(13)26-11-23-24-25-26/h5-7,11-12,16-18,28H,2-4,8-10H2,1H3,(H,22,29)/t12-,16-,17-,18+/m0/s1. The summed E-state index contributed by atoms with van der Waals surface area (Å²) >= 11 is 6.13. The number of fused-ring (bicyclic) bond motifs is 1. The number of hydrogen-bond donors (Lipinski definition) is 2. The molecule has 4 atom stereocenters. The second-order valence-corrected chi connectivity index (χ2v) is 8.40. The van der Waals surface area contributed by atoms with Gasteiger partial charge in [-0.25, -0.2) is 4.68 Å². The quantitative estimate of drug-likeness (QED) is 0.653. The number of tetrazole rings is 1. The van der Waals surface area contributed by atoms with Crippen LogP contribution in [0, 0.1) is 5.92 Å². The minimum atomic E-state index is -1.04. The Balaban J connectivity index is 1.44. The smallest absolute Gasteiger partial charge is 0.252 e. The molecule has 9 nitrogen and oxygen atoms in total. The molecule has 0 spiro atoms. The third-order valence-electron chi connectivity index (χ3n) is 5.87. The molecule has 2 amide bonds. The predicted octanol–water partition coefficient (Wildman–Crippen LogP) is 1.47. The van der Waals surface area contributed by atoms with Crippen molar-refractivity contribution in [2.75, 3.05) is 0 Å². The van der Waals surface area contributed by atoms with Crippen LogP contribution in [0.3, 0.4) is 0 Å². The molecule has 0 bridgehead atoms. The molecule has 2 aromatic rings. The van der Waals surface area contributed by atoms with E-state index in [1.54, 1.807) is 23.1 Å². The molecule has 10 heteroatoms. The number of likely N-dealkylation sites (tertiary alicyclic amines) is 1. The number of amides is 2. The van der Waals surface area contributed by atoms with Gasteiger partial charge in [0.25, 0.3) is 5.91 Å². The lowest BCUT2D eigenvalue weighted by Crippen LogP contribution is -2.50. The van der Waals surface area contributed by atoms with Crippen LogP contribution in [-0.4, -0.2) is 60.2 Å². The van der Waals surface area contributed by atoms with E-state index in [-0.39, 0.29) is 24.4 Å². The van der Waals surface area contributed by atoms with Gasteiger partial charge in [0.05, 0.1) is 5.69 Å². The maximum atomic E-state index is 13.0. The van der Waals surface area contributed by atoms with Crippen LogP contribution in [0.15, 0.2) is 24.5 Å². The van der Waals surface area contributed by atoms with Crippen LogP contribution in [0.25, 0.3) is 5.69 Å². The van der Waals surface area contributed by atoms with Crippen LogP contribution in [0.1, 0.15) is 44.6 Å². The number of hydrogen-bond acceptors (Lipinski definition) is 6. The molecular weight excluding hydrogens is 408 g/mol. The molecule has 1 aromatic carbocycles. The summed E-state index contributed by atoms with van der Waals surface area (Å²) in [5.74, 6) is -0.197. The summed E-state index contributed by atoms with van der Waals surface area (Å²) in [6.45, 7) is 2.24. The zero-order valence-electron chi connectivity index (χ0n) is 16.7. The highest BCUT2D eigenvalue weighted by atomic mass is 35.5. The largest absolute Gasteiger partial charge is 0.383 e. The fourth-order valence-electron chi connectivity index (χ4n) is 4.19. The Labute approximate surface area is 179 Å². The van der Waals surface area contributed by atoms with Crippen LogP contribution in [0.2, 0.25) is 5.02 Å². The lowest BCUT2D eigenvalue weighted by molar-refractivity contribution is -0.146. The SMILES string of the molecule is CCCC[C@@H](O)C(=O)N1[C@H](C(=O)NCc2cc(Cl)ccc2-n2cnnn2)C[C@@H]2C[C@@H]21.